The van der Waals surface area contributed by atoms with Gasteiger partial charge >= 0.3 is 0 Å². The molecule has 0 saturated heterocycles. The van der Waals surface area contributed by atoms with Gasteiger partial charge in [-0.3, -0.25) is 4.79 Å². The summed E-state index contributed by atoms with van der Waals surface area (Å²) in [5, 5.41) is 0. The first-order valence-electron chi connectivity index (χ1n) is 11.1. The topological polar surface area (TPSA) is 46.3 Å². The van der Waals surface area contributed by atoms with Crippen LogP contribution < -0.4 is 5.73 Å². The maximum Gasteiger partial charge on any atom is 0.225 e. The maximum atomic E-state index is 12.1. The largest absolute Gasteiger partial charge is 0.344 e. The molecule has 0 radical (unpaired) electrons. The normalized spacial score (nSPS) is 12.3. The van der Waals surface area contributed by atoms with Crippen LogP contribution in [-0.4, -0.2) is 30.9 Å². The van der Waals surface area contributed by atoms with E-state index in [1.165, 1.54) is 89.9 Å². The van der Waals surface area contributed by atoms with Crippen molar-refractivity contribution < 1.29 is 4.79 Å². The predicted octanol–water partition coefficient (Wildman–Crippen LogP) is 5.91. The molecular formula is C22H46N2O. The van der Waals surface area contributed by atoms with E-state index in [1.807, 2.05) is 7.05 Å². The molecule has 0 spiro atoms. The molecule has 0 saturated carbocycles. The summed E-state index contributed by atoms with van der Waals surface area (Å²) in [4.78, 5) is 13.8. The van der Waals surface area contributed by atoms with Crippen molar-refractivity contribution in [3.63, 3.8) is 0 Å². The molecule has 0 aromatic rings. The molecule has 0 aliphatic heterocycles. The molecule has 0 rings (SSSR count). The van der Waals surface area contributed by atoms with Gasteiger partial charge in [0.15, 0.2) is 0 Å². The van der Waals surface area contributed by atoms with Crippen LogP contribution in [0.5, 0.6) is 0 Å². The van der Waals surface area contributed by atoms with Crippen molar-refractivity contribution in [1.29, 1.82) is 0 Å². The Morgan fingerprint density at radius 2 is 1.20 bits per heavy atom. The first-order chi connectivity index (χ1) is 12.1. The highest BCUT2D eigenvalue weighted by Crippen LogP contribution is 2.15. The molecule has 25 heavy (non-hydrogen) atoms. The highest BCUT2D eigenvalue weighted by atomic mass is 16.2. The molecular weight excluding hydrogens is 308 g/mol. The third-order valence-corrected chi connectivity index (χ3v) is 5.25. The summed E-state index contributed by atoms with van der Waals surface area (Å²) in [7, 11) is 1.86. The molecule has 0 aromatic heterocycles. The molecule has 0 aliphatic carbocycles. The highest BCUT2D eigenvalue weighted by molar-refractivity contribution is 5.78. The standard InChI is InChI=1S/C22H46N2O/c1-4-5-6-7-8-9-10-11-12-13-14-15-16-17-18-21(2)22(25)24(3)20-19-23/h21H,4-20,23H2,1-3H3. The number of likely N-dealkylation sites (N-methyl/N-ethyl adjacent to an activating group) is 1. The minimum atomic E-state index is 0.147. The van der Waals surface area contributed by atoms with Crippen LogP contribution in [0.4, 0.5) is 0 Å². The van der Waals surface area contributed by atoms with Crippen molar-refractivity contribution in [2.75, 3.05) is 20.1 Å². The lowest BCUT2D eigenvalue weighted by molar-refractivity contribution is -0.133. The van der Waals surface area contributed by atoms with Gasteiger partial charge in [-0.25, -0.2) is 0 Å². The Hall–Kier alpha value is -0.570. The van der Waals surface area contributed by atoms with E-state index in [-0.39, 0.29) is 11.8 Å². The summed E-state index contributed by atoms with van der Waals surface area (Å²) < 4.78 is 0. The molecule has 0 heterocycles. The zero-order valence-electron chi connectivity index (χ0n) is 17.5. The van der Waals surface area contributed by atoms with E-state index in [1.54, 1.807) is 4.90 Å². The van der Waals surface area contributed by atoms with E-state index in [2.05, 4.69) is 13.8 Å². The van der Waals surface area contributed by atoms with Gasteiger partial charge in [0.1, 0.15) is 0 Å². The molecule has 150 valence electrons. The molecule has 1 atom stereocenters. The van der Waals surface area contributed by atoms with Crippen LogP contribution in [0, 0.1) is 5.92 Å². The summed E-state index contributed by atoms with van der Waals surface area (Å²) in [5.41, 5.74) is 5.50. The van der Waals surface area contributed by atoms with Crippen LogP contribution in [-0.2, 0) is 4.79 Å². The van der Waals surface area contributed by atoms with Crippen molar-refractivity contribution in [3.05, 3.63) is 0 Å². The minimum Gasteiger partial charge on any atom is -0.344 e. The lowest BCUT2D eigenvalue weighted by Gasteiger charge is -2.20. The first-order valence-corrected chi connectivity index (χ1v) is 11.1. The number of hydrogen-bond acceptors (Lipinski definition) is 2. The van der Waals surface area contributed by atoms with Gasteiger partial charge in [0, 0.05) is 26.1 Å². The summed E-state index contributed by atoms with van der Waals surface area (Å²) >= 11 is 0. The van der Waals surface area contributed by atoms with Gasteiger partial charge in [-0.15, -0.1) is 0 Å². The van der Waals surface area contributed by atoms with Crippen LogP contribution in [0.3, 0.4) is 0 Å². The van der Waals surface area contributed by atoms with Gasteiger partial charge < -0.3 is 10.6 Å². The van der Waals surface area contributed by atoms with E-state index in [4.69, 9.17) is 5.73 Å². The second kappa shape index (κ2) is 18.2. The fourth-order valence-electron chi connectivity index (χ4n) is 3.45. The van der Waals surface area contributed by atoms with Gasteiger partial charge in [-0.1, -0.05) is 104 Å². The average molecular weight is 355 g/mol. The molecule has 0 aromatic carbocycles. The monoisotopic (exact) mass is 354 g/mol. The summed E-state index contributed by atoms with van der Waals surface area (Å²) in [6.07, 6.45) is 20.3. The summed E-state index contributed by atoms with van der Waals surface area (Å²) in [5.74, 6) is 0.397. The number of rotatable bonds is 18. The molecule has 3 nitrogen and oxygen atoms in total. The quantitative estimate of drug-likeness (QED) is 0.311. The predicted molar refractivity (Wildman–Crippen MR) is 111 cm³/mol. The maximum absolute atomic E-state index is 12.1. The molecule has 0 fully saturated rings. The number of unbranched alkanes of at least 4 members (excludes halogenated alkanes) is 13. The highest BCUT2D eigenvalue weighted by Gasteiger charge is 2.16. The second-order valence-electron chi connectivity index (χ2n) is 7.83. The second-order valence-corrected chi connectivity index (χ2v) is 7.83. The van der Waals surface area contributed by atoms with Crippen LogP contribution in [0.15, 0.2) is 0 Å². The summed E-state index contributed by atoms with van der Waals surface area (Å²) in [6, 6.07) is 0. The van der Waals surface area contributed by atoms with Crippen LogP contribution in [0.2, 0.25) is 0 Å². The Kier molecular flexibility index (Phi) is 17.8. The van der Waals surface area contributed by atoms with Crippen LogP contribution in [0.25, 0.3) is 0 Å². The molecule has 2 N–H and O–H groups in total. The number of carbonyl (C=O) groups excluding carboxylic acids is 1. The van der Waals surface area contributed by atoms with Gasteiger partial charge in [0.2, 0.25) is 5.91 Å². The molecule has 3 heteroatoms. The Balaban J connectivity index is 3.29. The summed E-state index contributed by atoms with van der Waals surface area (Å²) in [6.45, 7) is 5.55. The smallest absolute Gasteiger partial charge is 0.225 e. The van der Waals surface area contributed by atoms with Gasteiger partial charge in [0.25, 0.3) is 0 Å². The van der Waals surface area contributed by atoms with E-state index in [0.717, 1.165) is 6.42 Å². The van der Waals surface area contributed by atoms with E-state index in [9.17, 15) is 4.79 Å². The van der Waals surface area contributed by atoms with Crippen molar-refractivity contribution in [2.45, 2.75) is 110 Å². The van der Waals surface area contributed by atoms with Gasteiger partial charge in [-0.2, -0.15) is 0 Å². The van der Waals surface area contributed by atoms with Gasteiger partial charge in [0.05, 0.1) is 0 Å². The third-order valence-electron chi connectivity index (χ3n) is 5.25. The number of amides is 1. The van der Waals surface area contributed by atoms with Crippen molar-refractivity contribution in [3.8, 4) is 0 Å². The Morgan fingerprint density at radius 1 is 0.800 bits per heavy atom. The molecule has 1 amide bonds. The third kappa shape index (κ3) is 15.4. The van der Waals surface area contributed by atoms with E-state index < -0.39 is 0 Å². The molecule has 0 aliphatic rings. The molecule has 0 bridgehead atoms. The SMILES string of the molecule is CCCCCCCCCCCCCCCCC(C)C(=O)N(C)CCN. The zero-order chi connectivity index (χ0) is 18.8. The van der Waals surface area contributed by atoms with Crippen molar-refractivity contribution >= 4 is 5.91 Å². The zero-order valence-corrected chi connectivity index (χ0v) is 17.5. The van der Waals surface area contributed by atoms with E-state index >= 15 is 0 Å². The minimum absolute atomic E-state index is 0.147. The Bertz CT molecular complexity index is 294. The van der Waals surface area contributed by atoms with Crippen molar-refractivity contribution in [2.24, 2.45) is 11.7 Å². The lowest BCUT2D eigenvalue weighted by atomic mass is 10.00. The van der Waals surface area contributed by atoms with Gasteiger partial charge in [-0.05, 0) is 6.42 Å². The first kappa shape index (κ1) is 24.4. The molecule has 1 unspecified atom stereocenters. The van der Waals surface area contributed by atoms with Crippen molar-refractivity contribution in [1.82, 2.24) is 4.90 Å². The fraction of sp³-hybridized carbons (Fsp3) is 0.955. The van der Waals surface area contributed by atoms with E-state index in [0.29, 0.717) is 13.1 Å². The fourth-order valence-corrected chi connectivity index (χ4v) is 3.45. The average Bonchev–Trinajstić information content (AvgIpc) is 2.61. The number of hydrogen-bond donors (Lipinski definition) is 1. The lowest BCUT2D eigenvalue weighted by Crippen LogP contribution is -2.35. The number of nitrogens with two attached hydrogens (primary N) is 1. The van der Waals surface area contributed by atoms with Crippen LogP contribution >= 0.6 is 0 Å². The van der Waals surface area contributed by atoms with Crippen LogP contribution in [0.1, 0.15) is 110 Å². The number of carbonyl (C=O) groups is 1. The number of nitrogens with zero attached hydrogens (tertiary/aromatic N) is 1. The Labute approximate surface area is 158 Å². The Morgan fingerprint density at radius 3 is 1.60 bits per heavy atom.